The number of carbonyl (C=O) groups excluding carboxylic acids is 2. The van der Waals surface area contributed by atoms with Gasteiger partial charge < -0.3 is 19.9 Å². The number of anilines is 1. The van der Waals surface area contributed by atoms with Gasteiger partial charge in [0, 0.05) is 11.3 Å². The summed E-state index contributed by atoms with van der Waals surface area (Å²) in [6.07, 6.45) is 0. The second-order valence-electron chi connectivity index (χ2n) is 7.27. The van der Waals surface area contributed by atoms with Crippen molar-refractivity contribution in [3.8, 4) is 5.75 Å². The molecule has 6 heteroatoms. The normalized spacial score (nSPS) is 14.6. The van der Waals surface area contributed by atoms with Gasteiger partial charge in [-0.2, -0.15) is 0 Å². The summed E-state index contributed by atoms with van der Waals surface area (Å²) in [6, 6.07) is 13.2. The molecule has 1 aliphatic heterocycles. The van der Waals surface area contributed by atoms with E-state index in [4.69, 9.17) is 4.74 Å². The Hall–Kier alpha value is -2.86. The first kappa shape index (κ1) is 19.9. The number of carbonyl (C=O) groups is 2. The number of ether oxygens (including phenoxy) is 1. The number of methoxy groups -OCH3 is 1. The van der Waals surface area contributed by atoms with Gasteiger partial charge in [-0.15, -0.1) is 0 Å². The van der Waals surface area contributed by atoms with E-state index in [2.05, 4.69) is 5.32 Å². The molecule has 2 aromatic rings. The number of hydrogen-bond acceptors (Lipinski definition) is 3. The molecule has 148 valence electrons. The molecule has 0 spiro atoms. The Morgan fingerprint density at radius 3 is 2.36 bits per heavy atom. The molecule has 0 aromatic heterocycles. The Balaban J connectivity index is 1.52. The third-order valence-electron chi connectivity index (χ3n) is 5.23. The lowest BCUT2D eigenvalue weighted by molar-refractivity contribution is -0.895. The van der Waals surface area contributed by atoms with Gasteiger partial charge in [-0.1, -0.05) is 24.3 Å². The van der Waals surface area contributed by atoms with Crippen LogP contribution in [0.25, 0.3) is 0 Å². The zero-order chi connectivity index (χ0) is 20.1. The Labute approximate surface area is 166 Å². The number of benzene rings is 2. The lowest BCUT2D eigenvalue weighted by Crippen LogP contribution is -3.15. The van der Waals surface area contributed by atoms with Crippen LogP contribution in [0.1, 0.15) is 21.5 Å². The molecule has 1 aliphatic rings. The highest BCUT2D eigenvalue weighted by atomic mass is 16.5. The van der Waals surface area contributed by atoms with Crippen molar-refractivity contribution in [2.24, 2.45) is 0 Å². The summed E-state index contributed by atoms with van der Waals surface area (Å²) in [7, 11) is 1.59. The average molecular weight is 382 g/mol. The van der Waals surface area contributed by atoms with Crippen LogP contribution in [0.5, 0.6) is 5.75 Å². The van der Waals surface area contributed by atoms with Crippen molar-refractivity contribution < 1.29 is 19.2 Å². The highest BCUT2D eigenvalue weighted by molar-refractivity contribution is 5.95. The highest BCUT2D eigenvalue weighted by Crippen LogP contribution is 2.19. The van der Waals surface area contributed by atoms with Crippen molar-refractivity contribution in [3.63, 3.8) is 0 Å². The van der Waals surface area contributed by atoms with E-state index in [1.54, 1.807) is 13.2 Å². The van der Waals surface area contributed by atoms with E-state index >= 15 is 0 Å². The van der Waals surface area contributed by atoms with Crippen molar-refractivity contribution in [2.75, 3.05) is 45.2 Å². The van der Waals surface area contributed by atoms with E-state index in [1.807, 2.05) is 55.1 Å². The number of amides is 2. The minimum absolute atomic E-state index is 0.0120. The maximum absolute atomic E-state index is 12.7. The average Bonchev–Trinajstić information content (AvgIpc) is 2.71. The molecule has 0 radical (unpaired) electrons. The fourth-order valence-electron chi connectivity index (χ4n) is 3.56. The Morgan fingerprint density at radius 1 is 1.07 bits per heavy atom. The predicted octanol–water partition coefficient (Wildman–Crippen LogP) is 1.29. The van der Waals surface area contributed by atoms with Crippen LogP contribution in [0, 0.1) is 13.8 Å². The number of aryl methyl sites for hydroxylation is 2. The first-order chi connectivity index (χ1) is 13.5. The predicted molar refractivity (Wildman–Crippen MR) is 109 cm³/mol. The molecule has 2 N–H and O–H groups in total. The van der Waals surface area contributed by atoms with Gasteiger partial charge in [0.1, 0.15) is 5.75 Å². The SMILES string of the molecule is COc1cccc(C(=O)N2CC[NH+](CC(=O)Nc3c(C)cccc3C)CC2)c1. The quantitative estimate of drug-likeness (QED) is 0.819. The number of nitrogens with zero attached hydrogens (tertiary/aromatic N) is 1. The van der Waals surface area contributed by atoms with Gasteiger partial charge in [0.2, 0.25) is 0 Å². The minimum Gasteiger partial charge on any atom is -0.497 e. The van der Waals surface area contributed by atoms with Crippen molar-refractivity contribution >= 4 is 17.5 Å². The second-order valence-corrected chi connectivity index (χ2v) is 7.27. The smallest absolute Gasteiger partial charge is 0.279 e. The van der Waals surface area contributed by atoms with Crippen molar-refractivity contribution in [2.45, 2.75) is 13.8 Å². The summed E-state index contributed by atoms with van der Waals surface area (Å²) in [5, 5.41) is 3.04. The van der Waals surface area contributed by atoms with Gasteiger partial charge in [-0.05, 0) is 43.2 Å². The van der Waals surface area contributed by atoms with Gasteiger partial charge in [0.05, 0.1) is 33.3 Å². The fourth-order valence-corrected chi connectivity index (χ4v) is 3.56. The third kappa shape index (κ3) is 4.70. The van der Waals surface area contributed by atoms with Crippen LogP contribution in [-0.4, -0.2) is 56.5 Å². The zero-order valence-corrected chi connectivity index (χ0v) is 16.7. The summed E-state index contributed by atoms with van der Waals surface area (Å²) in [4.78, 5) is 28.2. The van der Waals surface area contributed by atoms with Crippen molar-refractivity contribution in [1.82, 2.24) is 4.90 Å². The first-order valence-electron chi connectivity index (χ1n) is 9.61. The van der Waals surface area contributed by atoms with Crippen molar-refractivity contribution in [1.29, 1.82) is 0 Å². The van der Waals surface area contributed by atoms with Gasteiger partial charge >= 0.3 is 0 Å². The molecule has 2 amide bonds. The van der Waals surface area contributed by atoms with E-state index in [0.29, 0.717) is 30.9 Å². The first-order valence-corrected chi connectivity index (χ1v) is 9.61. The topological polar surface area (TPSA) is 63.1 Å². The van der Waals surface area contributed by atoms with Crippen LogP contribution in [-0.2, 0) is 4.79 Å². The minimum atomic E-state index is 0.0120. The molecule has 28 heavy (non-hydrogen) atoms. The fraction of sp³-hybridized carbons (Fsp3) is 0.364. The molecule has 0 atom stereocenters. The van der Waals surface area contributed by atoms with Crippen LogP contribution in [0.3, 0.4) is 0 Å². The van der Waals surface area contributed by atoms with E-state index < -0.39 is 0 Å². The van der Waals surface area contributed by atoms with Crippen LogP contribution in [0.15, 0.2) is 42.5 Å². The van der Waals surface area contributed by atoms with E-state index in [1.165, 1.54) is 4.90 Å². The lowest BCUT2D eigenvalue weighted by Gasteiger charge is -2.32. The molecule has 0 unspecified atom stereocenters. The molecule has 1 heterocycles. The van der Waals surface area contributed by atoms with E-state index in [-0.39, 0.29) is 11.8 Å². The molecule has 0 bridgehead atoms. The van der Waals surface area contributed by atoms with Crippen molar-refractivity contribution in [3.05, 3.63) is 59.2 Å². The number of rotatable bonds is 5. The third-order valence-corrected chi connectivity index (χ3v) is 5.23. The van der Waals surface area contributed by atoms with Gasteiger partial charge in [-0.25, -0.2) is 0 Å². The summed E-state index contributed by atoms with van der Waals surface area (Å²) in [5.41, 5.74) is 3.67. The van der Waals surface area contributed by atoms with Gasteiger partial charge in [-0.3, -0.25) is 9.59 Å². The number of quaternary nitrogens is 1. The van der Waals surface area contributed by atoms with Gasteiger partial charge in [0.15, 0.2) is 6.54 Å². The molecule has 1 fully saturated rings. The molecule has 6 nitrogen and oxygen atoms in total. The summed E-state index contributed by atoms with van der Waals surface area (Å²) >= 11 is 0. The molecule has 2 aromatic carbocycles. The molecule has 1 saturated heterocycles. The van der Waals surface area contributed by atoms with Crippen LogP contribution in [0.2, 0.25) is 0 Å². The molecule has 3 rings (SSSR count). The molecule has 0 aliphatic carbocycles. The van der Waals surface area contributed by atoms with Gasteiger partial charge in [0.25, 0.3) is 11.8 Å². The largest absolute Gasteiger partial charge is 0.497 e. The maximum atomic E-state index is 12.7. The number of para-hydroxylation sites is 1. The van der Waals surface area contributed by atoms with Crippen LogP contribution < -0.4 is 15.0 Å². The standard InChI is InChI=1S/C22H27N3O3/c1-16-6-4-7-17(2)21(16)23-20(26)15-24-10-12-25(13-11-24)22(27)18-8-5-9-19(14-18)28-3/h4-9,14H,10-13,15H2,1-3H3,(H,23,26)/p+1. The van der Waals surface area contributed by atoms with Crippen LogP contribution in [0.4, 0.5) is 5.69 Å². The molecular weight excluding hydrogens is 354 g/mol. The number of piperazine rings is 1. The maximum Gasteiger partial charge on any atom is 0.279 e. The Bertz CT molecular complexity index is 838. The number of hydrogen-bond donors (Lipinski definition) is 2. The Morgan fingerprint density at radius 2 is 1.71 bits per heavy atom. The molecule has 0 saturated carbocycles. The summed E-state index contributed by atoms with van der Waals surface area (Å²) < 4.78 is 5.20. The highest BCUT2D eigenvalue weighted by Gasteiger charge is 2.26. The number of nitrogens with one attached hydrogen (secondary N) is 2. The molecular formula is C22H28N3O3+. The Kier molecular flexibility index (Phi) is 6.31. The summed E-state index contributed by atoms with van der Waals surface area (Å²) in [5.74, 6) is 0.705. The van der Waals surface area contributed by atoms with Crippen LogP contribution >= 0.6 is 0 Å². The van der Waals surface area contributed by atoms with E-state index in [0.717, 1.165) is 29.9 Å². The zero-order valence-electron chi connectivity index (χ0n) is 16.7. The summed E-state index contributed by atoms with van der Waals surface area (Å²) in [6.45, 7) is 7.21. The lowest BCUT2D eigenvalue weighted by atomic mass is 10.1. The van der Waals surface area contributed by atoms with E-state index in [9.17, 15) is 9.59 Å². The second kappa shape index (κ2) is 8.89. The monoisotopic (exact) mass is 382 g/mol.